The normalized spacial score (nSPS) is 10.3. The van der Waals surface area contributed by atoms with Crippen LogP contribution in [0.5, 0.6) is 5.75 Å². The number of amides is 1. The molecule has 0 atom stereocenters. The monoisotopic (exact) mass is 375 g/mol. The average Bonchev–Trinajstić information content (AvgIpc) is 2.74. The molecule has 0 aliphatic heterocycles. The average molecular weight is 375 g/mol. The molecule has 0 saturated heterocycles. The topological polar surface area (TPSA) is 63.2 Å². The summed E-state index contributed by atoms with van der Waals surface area (Å²) in [6.07, 6.45) is 3.68. The van der Waals surface area contributed by atoms with Crippen LogP contribution >= 0.6 is 0 Å². The molecule has 5 heteroatoms. The predicted molar refractivity (Wildman–Crippen MR) is 113 cm³/mol. The van der Waals surface area contributed by atoms with Crippen LogP contribution in [-0.2, 0) is 6.42 Å². The molecule has 0 bridgehead atoms. The highest BCUT2D eigenvalue weighted by Crippen LogP contribution is 2.17. The fourth-order valence-corrected chi connectivity index (χ4v) is 2.83. The maximum atomic E-state index is 12.5. The summed E-state index contributed by atoms with van der Waals surface area (Å²) in [6, 6.07) is 21.3. The molecular formula is C23H25N3O2. The molecule has 0 radical (unpaired) electrons. The van der Waals surface area contributed by atoms with Crippen molar-refractivity contribution in [1.29, 1.82) is 0 Å². The van der Waals surface area contributed by atoms with E-state index in [4.69, 9.17) is 4.74 Å². The van der Waals surface area contributed by atoms with E-state index in [9.17, 15) is 4.79 Å². The Morgan fingerprint density at radius 1 is 1.00 bits per heavy atom. The Hall–Kier alpha value is -3.34. The van der Waals surface area contributed by atoms with Gasteiger partial charge in [0, 0.05) is 24.1 Å². The maximum Gasteiger partial charge on any atom is 0.274 e. The largest absolute Gasteiger partial charge is 0.494 e. The molecule has 0 saturated carbocycles. The summed E-state index contributed by atoms with van der Waals surface area (Å²) in [7, 11) is 0. The van der Waals surface area contributed by atoms with Crippen molar-refractivity contribution >= 4 is 17.3 Å². The smallest absolute Gasteiger partial charge is 0.274 e. The first-order valence-electron chi connectivity index (χ1n) is 9.52. The zero-order valence-electron chi connectivity index (χ0n) is 16.0. The van der Waals surface area contributed by atoms with Gasteiger partial charge in [0.1, 0.15) is 11.4 Å². The number of nitrogens with zero attached hydrogens (tertiary/aromatic N) is 1. The third kappa shape index (κ3) is 5.84. The third-order valence-electron chi connectivity index (χ3n) is 4.23. The van der Waals surface area contributed by atoms with Gasteiger partial charge in [0.15, 0.2) is 0 Å². The zero-order valence-corrected chi connectivity index (χ0v) is 16.0. The summed E-state index contributed by atoms with van der Waals surface area (Å²) < 4.78 is 5.41. The van der Waals surface area contributed by atoms with Gasteiger partial charge in [-0.15, -0.1) is 0 Å². The summed E-state index contributed by atoms with van der Waals surface area (Å²) >= 11 is 0. The summed E-state index contributed by atoms with van der Waals surface area (Å²) in [4.78, 5) is 16.6. The Morgan fingerprint density at radius 3 is 2.54 bits per heavy atom. The molecule has 0 spiro atoms. The van der Waals surface area contributed by atoms with Gasteiger partial charge in [-0.3, -0.25) is 9.78 Å². The zero-order chi connectivity index (χ0) is 19.6. The number of aryl methyl sites for hydroxylation is 1. The van der Waals surface area contributed by atoms with Gasteiger partial charge in [0.25, 0.3) is 5.91 Å². The second-order valence-corrected chi connectivity index (χ2v) is 6.36. The van der Waals surface area contributed by atoms with Crippen molar-refractivity contribution < 1.29 is 9.53 Å². The molecular weight excluding hydrogens is 350 g/mol. The molecule has 28 heavy (non-hydrogen) atoms. The summed E-state index contributed by atoms with van der Waals surface area (Å²) in [5.41, 5.74) is 3.30. The van der Waals surface area contributed by atoms with Crippen molar-refractivity contribution in [3.8, 4) is 5.75 Å². The number of hydrogen-bond acceptors (Lipinski definition) is 4. The highest BCUT2D eigenvalue weighted by atomic mass is 16.5. The van der Waals surface area contributed by atoms with Gasteiger partial charge in [-0.1, -0.05) is 30.3 Å². The fourth-order valence-electron chi connectivity index (χ4n) is 2.83. The van der Waals surface area contributed by atoms with Gasteiger partial charge < -0.3 is 15.4 Å². The highest BCUT2D eigenvalue weighted by molar-refractivity contribution is 6.03. The van der Waals surface area contributed by atoms with E-state index in [0.29, 0.717) is 18.0 Å². The SMILES string of the molecule is CCOc1ccc(NC(=O)c2cc(NCCCc3ccccc3)ccn2)cc1. The quantitative estimate of drug-likeness (QED) is 0.529. The van der Waals surface area contributed by atoms with Crippen LogP contribution in [0.4, 0.5) is 11.4 Å². The molecule has 0 aliphatic rings. The van der Waals surface area contributed by atoms with Gasteiger partial charge in [-0.2, -0.15) is 0 Å². The van der Waals surface area contributed by atoms with Crippen molar-refractivity contribution in [3.05, 3.63) is 84.2 Å². The standard InChI is InChI=1S/C23H25N3O2/c1-2-28-21-12-10-19(11-13-21)26-23(27)22-17-20(14-16-25-22)24-15-6-9-18-7-4-3-5-8-18/h3-5,7-8,10-14,16-17H,2,6,9,15H2,1H3,(H,24,25)(H,26,27). The first-order valence-corrected chi connectivity index (χ1v) is 9.52. The van der Waals surface area contributed by atoms with Gasteiger partial charge in [-0.05, 0) is 61.7 Å². The van der Waals surface area contributed by atoms with E-state index in [2.05, 4.69) is 39.9 Å². The van der Waals surface area contributed by atoms with Crippen LogP contribution in [0.15, 0.2) is 72.9 Å². The molecule has 1 aromatic heterocycles. The van der Waals surface area contributed by atoms with Crippen molar-refractivity contribution in [1.82, 2.24) is 4.98 Å². The van der Waals surface area contributed by atoms with E-state index >= 15 is 0 Å². The molecule has 0 unspecified atom stereocenters. The third-order valence-corrected chi connectivity index (χ3v) is 4.23. The minimum atomic E-state index is -0.239. The van der Waals surface area contributed by atoms with Crippen molar-refractivity contribution in [2.75, 3.05) is 23.8 Å². The lowest BCUT2D eigenvalue weighted by atomic mass is 10.1. The highest BCUT2D eigenvalue weighted by Gasteiger charge is 2.08. The molecule has 2 N–H and O–H groups in total. The maximum absolute atomic E-state index is 12.5. The van der Waals surface area contributed by atoms with E-state index in [-0.39, 0.29) is 5.91 Å². The van der Waals surface area contributed by atoms with Crippen LogP contribution in [0.3, 0.4) is 0 Å². The first-order chi connectivity index (χ1) is 13.7. The Bertz CT molecular complexity index is 880. The van der Waals surface area contributed by atoms with Crippen LogP contribution in [0.25, 0.3) is 0 Å². The number of benzene rings is 2. The molecule has 0 aliphatic carbocycles. The predicted octanol–water partition coefficient (Wildman–Crippen LogP) is 4.78. The van der Waals surface area contributed by atoms with Crippen LogP contribution in [0.2, 0.25) is 0 Å². The minimum Gasteiger partial charge on any atom is -0.494 e. The lowest BCUT2D eigenvalue weighted by Crippen LogP contribution is -2.14. The number of carbonyl (C=O) groups excluding carboxylic acids is 1. The summed E-state index contributed by atoms with van der Waals surface area (Å²) in [5, 5.41) is 6.22. The summed E-state index contributed by atoms with van der Waals surface area (Å²) in [5.74, 6) is 0.539. The van der Waals surface area contributed by atoms with Gasteiger partial charge in [0.05, 0.1) is 6.61 Å². The van der Waals surface area contributed by atoms with E-state index in [0.717, 1.165) is 30.8 Å². The minimum absolute atomic E-state index is 0.239. The second kappa shape index (κ2) is 10.1. The lowest BCUT2D eigenvalue weighted by molar-refractivity contribution is 0.102. The van der Waals surface area contributed by atoms with Crippen molar-refractivity contribution in [2.45, 2.75) is 19.8 Å². The second-order valence-electron chi connectivity index (χ2n) is 6.36. The van der Waals surface area contributed by atoms with Gasteiger partial charge in [0.2, 0.25) is 0 Å². The molecule has 2 aromatic carbocycles. The molecule has 0 fully saturated rings. The fraction of sp³-hybridized carbons (Fsp3) is 0.217. The Kier molecular flexibility index (Phi) is 7.01. The first kappa shape index (κ1) is 19.4. The Morgan fingerprint density at radius 2 is 1.79 bits per heavy atom. The van der Waals surface area contributed by atoms with Gasteiger partial charge >= 0.3 is 0 Å². The molecule has 1 amide bonds. The number of rotatable bonds is 9. The number of nitrogens with one attached hydrogen (secondary N) is 2. The van der Waals surface area contributed by atoms with Crippen molar-refractivity contribution in [3.63, 3.8) is 0 Å². The number of ether oxygens (including phenoxy) is 1. The number of carbonyl (C=O) groups is 1. The number of pyridine rings is 1. The van der Waals surface area contributed by atoms with E-state index < -0.39 is 0 Å². The summed E-state index contributed by atoms with van der Waals surface area (Å²) in [6.45, 7) is 3.38. The molecule has 5 nitrogen and oxygen atoms in total. The molecule has 1 heterocycles. The van der Waals surface area contributed by atoms with E-state index in [1.54, 1.807) is 12.3 Å². The Balaban J connectivity index is 1.51. The van der Waals surface area contributed by atoms with Crippen LogP contribution in [-0.4, -0.2) is 24.0 Å². The molecule has 3 aromatic rings. The van der Waals surface area contributed by atoms with E-state index in [1.807, 2.05) is 43.3 Å². The Labute approximate surface area is 165 Å². The number of hydrogen-bond donors (Lipinski definition) is 2. The lowest BCUT2D eigenvalue weighted by Gasteiger charge is -2.09. The van der Waals surface area contributed by atoms with E-state index in [1.165, 1.54) is 5.56 Å². The molecule has 144 valence electrons. The molecule has 3 rings (SSSR count). The van der Waals surface area contributed by atoms with Crippen molar-refractivity contribution in [2.24, 2.45) is 0 Å². The number of aromatic nitrogens is 1. The van der Waals surface area contributed by atoms with Crippen LogP contribution < -0.4 is 15.4 Å². The van der Waals surface area contributed by atoms with Crippen LogP contribution in [0.1, 0.15) is 29.4 Å². The van der Waals surface area contributed by atoms with Crippen LogP contribution in [0, 0.1) is 0 Å². The van der Waals surface area contributed by atoms with Gasteiger partial charge in [-0.25, -0.2) is 0 Å². The number of anilines is 2.